The van der Waals surface area contributed by atoms with Gasteiger partial charge in [-0.25, -0.2) is 0 Å². The molecule has 106 valence electrons. The Balaban J connectivity index is 1.84. The van der Waals surface area contributed by atoms with Crippen LogP contribution in [0, 0.1) is 5.92 Å². The first-order chi connectivity index (χ1) is 9.28. The number of benzene rings is 1. The van der Waals surface area contributed by atoms with E-state index in [0.717, 1.165) is 24.0 Å². The van der Waals surface area contributed by atoms with Crippen molar-refractivity contribution >= 4 is 0 Å². The minimum atomic E-state index is 0.0357. The summed E-state index contributed by atoms with van der Waals surface area (Å²) in [5, 5.41) is 0. The van der Waals surface area contributed by atoms with Crippen LogP contribution in [0.5, 0.6) is 11.5 Å². The maximum absolute atomic E-state index is 5.89. The first-order valence-electron chi connectivity index (χ1n) is 7.37. The van der Waals surface area contributed by atoms with Crippen molar-refractivity contribution in [2.24, 2.45) is 11.7 Å². The summed E-state index contributed by atoms with van der Waals surface area (Å²) in [6.07, 6.45) is 6.74. The zero-order valence-electron chi connectivity index (χ0n) is 11.8. The second-order valence-electron chi connectivity index (χ2n) is 5.45. The summed E-state index contributed by atoms with van der Waals surface area (Å²) in [6.45, 7) is 3.32. The minimum absolute atomic E-state index is 0.0357. The van der Waals surface area contributed by atoms with Gasteiger partial charge in [0.25, 0.3) is 0 Å². The fourth-order valence-electron chi connectivity index (χ4n) is 2.49. The van der Waals surface area contributed by atoms with Crippen molar-refractivity contribution in [2.45, 2.75) is 45.1 Å². The van der Waals surface area contributed by atoms with Gasteiger partial charge in [-0.05, 0) is 37.8 Å². The van der Waals surface area contributed by atoms with Crippen molar-refractivity contribution in [3.63, 3.8) is 0 Å². The summed E-state index contributed by atoms with van der Waals surface area (Å²) in [5.74, 6) is 2.45. The number of ether oxygens (including phenoxy) is 2. The molecule has 0 heterocycles. The van der Waals surface area contributed by atoms with Gasteiger partial charge < -0.3 is 15.2 Å². The van der Waals surface area contributed by atoms with E-state index in [1.54, 1.807) is 0 Å². The lowest BCUT2D eigenvalue weighted by molar-refractivity contribution is 0.204. The van der Waals surface area contributed by atoms with Crippen LogP contribution >= 0.6 is 0 Å². The molecule has 1 fully saturated rings. The molecule has 3 nitrogen and oxygen atoms in total. The van der Waals surface area contributed by atoms with Crippen molar-refractivity contribution in [3.8, 4) is 11.5 Å². The molecule has 0 amide bonds. The van der Waals surface area contributed by atoms with Crippen molar-refractivity contribution in [2.75, 3.05) is 13.2 Å². The third-order valence-corrected chi connectivity index (χ3v) is 3.69. The van der Waals surface area contributed by atoms with Crippen molar-refractivity contribution in [1.29, 1.82) is 0 Å². The first-order valence-corrected chi connectivity index (χ1v) is 7.37. The average Bonchev–Trinajstić information content (AvgIpc) is 2.46. The van der Waals surface area contributed by atoms with Gasteiger partial charge >= 0.3 is 0 Å². The number of rotatable bonds is 6. The Morgan fingerprint density at radius 1 is 1.21 bits per heavy atom. The maximum atomic E-state index is 5.89. The lowest BCUT2D eigenvalue weighted by Gasteiger charge is -2.22. The van der Waals surface area contributed by atoms with Crippen LogP contribution in [0.25, 0.3) is 0 Å². The standard InChI is InChI=1S/C16H25NO2/c1-13(11-17)19-16-9-5-8-15(10-16)18-12-14-6-3-2-4-7-14/h5,8-10,13-14H,2-4,6-7,11-12,17H2,1H3. The molecule has 2 N–H and O–H groups in total. The Hall–Kier alpha value is -1.22. The molecule has 2 rings (SSSR count). The molecule has 0 bridgehead atoms. The van der Waals surface area contributed by atoms with Crippen LogP contribution in [-0.4, -0.2) is 19.3 Å². The Bertz CT molecular complexity index is 375. The Labute approximate surface area is 116 Å². The maximum Gasteiger partial charge on any atom is 0.123 e. The Kier molecular flexibility index (Phi) is 5.52. The molecule has 1 saturated carbocycles. The van der Waals surface area contributed by atoms with E-state index in [0.29, 0.717) is 6.54 Å². The summed E-state index contributed by atoms with van der Waals surface area (Å²) >= 11 is 0. The van der Waals surface area contributed by atoms with E-state index in [4.69, 9.17) is 15.2 Å². The fraction of sp³-hybridized carbons (Fsp3) is 0.625. The predicted octanol–water partition coefficient (Wildman–Crippen LogP) is 3.37. The van der Waals surface area contributed by atoms with Crippen LogP contribution < -0.4 is 15.2 Å². The van der Waals surface area contributed by atoms with Gasteiger partial charge in [0.05, 0.1) is 6.61 Å². The van der Waals surface area contributed by atoms with E-state index < -0.39 is 0 Å². The highest BCUT2D eigenvalue weighted by molar-refractivity contribution is 5.33. The third-order valence-electron chi connectivity index (χ3n) is 3.69. The molecular weight excluding hydrogens is 238 g/mol. The topological polar surface area (TPSA) is 44.5 Å². The summed E-state index contributed by atoms with van der Waals surface area (Å²) in [4.78, 5) is 0. The molecule has 1 unspecified atom stereocenters. The molecule has 0 saturated heterocycles. The summed E-state index contributed by atoms with van der Waals surface area (Å²) in [6, 6.07) is 7.85. The molecule has 0 aliphatic heterocycles. The van der Waals surface area contributed by atoms with Crippen LogP contribution in [0.1, 0.15) is 39.0 Å². The third kappa shape index (κ3) is 4.75. The van der Waals surface area contributed by atoms with E-state index >= 15 is 0 Å². The van der Waals surface area contributed by atoms with E-state index in [2.05, 4.69) is 0 Å². The number of hydrogen-bond donors (Lipinski definition) is 1. The molecule has 1 aliphatic carbocycles. The van der Waals surface area contributed by atoms with E-state index in [9.17, 15) is 0 Å². The minimum Gasteiger partial charge on any atom is -0.493 e. The average molecular weight is 263 g/mol. The monoisotopic (exact) mass is 263 g/mol. The van der Waals surface area contributed by atoms with Gasteiger partial charge in [-0.3, -0.25) is 0 Å². The molecule has 1 aromatic rings. The van der Waals surface area contributed by atoms with Crippen LogP contribution in [0.4, 0.5) is 0 Å². The van der Waals surface area contributed by atoms with E-state index in [1.165, 1.54) is 32.1 Å². The molecule has 0 spiro atoms. The molecule has 1 aromatic carbocycles. The van der Waals surface area contributed by atoms with Gasteiger partial charge in [0.1, 0.15) is 17.6 Å². The van der Waals surface area contributed by atoms with Crippen LogP contribution in [0.15, 0.2) is 24.3 Å². The second-order valence-corrected chi connectivity index (χ2v) is 5.45. The normalized spacial score (nSPS) is 18.0. The van der Waals surface area contributed by atoms with Crippen LogP contribution in [0.3, 0.4) is 0 Å². The zero-order chi connectivity index (χ0) is 13.5. The van der Waals surface area contributed by atoms with Crippen molar-refractivity contribution in [3.05, 3.63) is 24.3 Å². The lowest BCUT2D eigenvalue weighted by Crippen LogP contribution is -2.22. The van der Waals surface area contributed by atoms with Gasteiger partial charge in [0, 0.05) is 12.6 Å². The quantitative estimate of drug-likeness (QED) is 0.855. The molecule has 1 atom stereocenters. The highest BCUT2D eigenvalue weighted by atomic mass is 16.5. The van der Waals surface area contributed by atoms with E-state index in [1.807, 2.05) is 31.2 Å². The number of nitrogens with two attached hydrogens (primary N) is 1. The fourth-order valence-corrected chi connectivity index (χ4v) is 2.49. The summed E-state index contributed by atoms with van der Waals surface area (Å²) < 4.78 is 11.6. The van der Waals surface area contributed by atoms with Gasteiger partial charge in [-0.15, -0.1) is 0 Å². The summed E-state index contributed by atoms with van der Waals surface area (Å²) in [7, 11) is 0. The first kappa shape index (κ1) is 14.2. The second kappa shape index (κ2) is 7.39. The lowest BCUT2D eigenvalue weighted by atomic mass is 9.90. The zero-order valence-corrected chi connectivity index (χ0v) is 11.8. The molecule has 3 heteroatoms. The Morgan fingerprint density at radius 2 is 1.95 bits per heavy atom. The van der Waals surface area contributed by atoms with Gasteiger partial charge in [0.2, 0.25) is 0 Å². The van der Waals surface area contributed by atoms with Crippen LogP contribution in [0.2, 0.25) is 0 Å². The summed E-state index contributed by atoms with van der Waals surface area (Å²) in [5.41, 5.74) is 5.56. The van der Waals surface area contributed by atoms with Gasteiger partial charge in [0.15, 0.2) is 0 Å². The largest absolute Gasteiger partial charge is 0.493 e. The van der Waals surface area contributed by atoms with Gasteiger partial charge in [-0.2, -0.15) is 0 Å². The smallest absolute Gasteiger partial charge is 0.123 e. The Morgan fingerprint density at radius 3 is 2.68 bits per heavy atom. The molecule has 19 heavy (non-hydrogen) atoms. The van der Waals surface area contributed by atoms with Crippen LogP contribution in [-0.2, 0) is 0 Å². The molecule has 0 radical (unpaired) electrons. The predicted molar refractivity (Wildman–Crippen MR) is 77.7 cm³/mol. The SMILES string of the molecule is CC(CN)Oc1cccc(OCC2CCCCC2)c1. The van der Waals surface area contributed by atoms with Crippen molar-refractivity contribution in [1.82, 2.24) is 0 Å². The molecule has 1 aliphatic rings. The van der Waals surface area contributed by atoms with E-state index in [-0.39, 0.29) is 6.10 Å². The highest BCUT2D eigenvalue weighted by Gasteiger charge is 2.14. The molecular formula is C16H25NO2. The number of hydrogen-bond acceptors (Lipinski definition) is 3. The van der Waals surface area contributed by atoms with Gasteiger partial charge in [-0.1, -0.05) is 25.3 Å². The highest BCUT2D eigenvalue weighted by Crippen LogP contribution is 2.26. The molecule has 0 aromatic heterocycles. The van der Waals surface area contributed by atoms with Crippen molar-refractivity contribution < 1.29 is 9.47 Å².